The molecule has 0 radical (unpaired) electrons. The Hall–Kier alpha value is -1.26. The van der Waals surface area contributed by atoms with Crippen LogP contribution in [0.4, 0.5) is 4.39 Å². The third-order valence-corrected chi connectivity index (χ3v) is 4.88. The number of aromatic nitrogens is 1. The van der Waals surface area contributed by atoms with Gasteiger partial charge in [0.2, 0.25) is 0 Å². The molecule has 0 spiro atoms. The Labute approximate surface area is 116 Å². The van der Waals surface area contributed by atoms with Crippen LogP contribution in [0.25, 0.3) is 0 Å². The van der Waals surface area contributed by atoms with Crippen LogP contribution in [-0.2, 0) is 12.0 Å². The van der Waals surface area contributed by atoms with Gasteiger partial charge in [-0.2, -0.15) is 0 Å². The number of aryl methyl sites for hydroxylation is 2. The zero-order valence-corrected chi connectivity index (χ0v) is 12.0. The largest absolute Gasteiger partial charge is 0.302 e. The molecule has 1 aromatic heterocycles. The lowest BCUT2D eigenvalue weighted by molar-refractivity contribution is 0.407. The van der Waals surface area contributed by atoms with E-state index >= 15 is 0 Å². The highest BCUT2D eigenvalue weighted by atomic mass is 32.1. The SMILES string of the molecule is CCNC1(c2nc(C)cs2)CCc2cc(F)ccc21. The predicted octanol–water partition coefficient (Wildman–Crippen LogP) is 3.39. The molecule has 2 aromatic rings. The lowest BCUT2D eigenvalue weighted by Crippen LogP contribution is -2.41. The van der Waals surface area contributed by atoms with Crippen molar-refractivity contribution in [2.24, 2.45) is 0 Å². The highest BCUT2D eigenvalue weighted by molar-refractivity contribution is 7.09. The molecule has 3 rings (SSSR count). The van der Waals surface area contributed by atoms with Gasteiger partial charge in [0.05, 0.1) is 5.54 Å². The normalized spacial score (nSPS) is 21.6. The molecule has 1 aliphatic carbocycles. The van der Waals surface area contributed by atoms with E-state index in [-0.39, 0.29) is 11.4 Å². The van der Waals surface area contributed by atoms with Crippen molar-refractivity contribution in [2.45, 2.75) is 32.2 Å². The van der Waals surface area contributed by atoms with Gasteiger partial charge in [-0.15, -0.1) is 11.3 Å². The van der Waals surface area contributed by atoms with E-state index in [1.54, 1.807) is 23.5 Å². The number of nitrogens with zero attached hydrogens (tertiary/aromatic N) is 1. The third-order valence-electron chi connectivity index (χ3n) is 3.76. The zero-order chi connectivity index (χ0) is 13.5. The first-order valence-electron chi connectivity index (χ1n) is 6.62. The van der Waals surface area contributed by atoms with Gasteiger partial charge in [-0.3, -0.25) is 0 Å². The summed E-state index contributed by atoms with van der Waals surface area (Å²) in [4.78, 5) is 4.67. The molecule has 1 atom stereocenters. The van der Waals surface area contributed by atoms with E-state index in [0.29, 0.717) is 0 Å². The minimum absolute atomic E-state index is 0.152. The van der Waals surface area contributed by atoms with Crippen molar-refractivity contribution < 1.29 is 4.39 Å². The summed E-state index contributed by atoms with van der Waals surface area (Å²) in [5.41, 5.74) is 3.11. The molecule has 1 heterocycles. The second-order valence-electron chi connectivity index (χ2n) is 5.03. The Morgan fingerprint density at radius 1 is 1.47 bits per heavy atom. The second-order valence-corrected chi connectivity index (χ2v) is 5.89. The summed E-state index contributed by atoms with van der Waals surface area (Å²) in [7, 11) is 0. The highest BCUT2D eigenvalue weighted by Crippen LogP contribution is 2.43. The smallest absolute Gasteiger partial charge is 0.123 e. The maximum atomic E-state index is 13.4. The molecule has 1 unspecified atom stereocenters. The van der Waals surface area contributed by atoms with E-state index in [2.05, 4.69) is 22.6 Å². The Morgan fingerprint density at radius 3 is 3.00 bits per heavy atom. The number of thiazole rings is 1. The van der Waals surface area contributed by atoms with Gasteiger partial charge < -0.3 is 5.32 Å². The van der Waals surface area contributed by atoms with Crippen LogP contribution in [0.2, 0.25) is 0 Å². The van der Waals surface area contributed by atoms with Crippen LogP contribution in [-0.4, -0.2) is 11.5 Å². The molecule has 1 N–H and O–H groups in total. The van der Waals surface area contributed by atoms with Crippen LogP contribution >= 0.6 is 11.3 Å². The minimum Gasteiger partial charge on any atom is -0.302 e. The molecule has 0 saturated heterocycles. The van der Waals surface area contributed by atoms with E-state index < -0.39 is 0 Å². The molecule has 0 fully saturated rings. The van der Waals surface area contributed by atoms with E-state index in [1.165, 1.54) is 5.56 Å². The zero-order valence-electron chi connectivity index (χ0n) is 11.2. The lowest BCUT2D eigenvalue weighted by atomic mass is 9.92. The first-order chi connectivity index (χ1) is 9.15. The number of fused-ring (bicyclic) bond motifs is 1. The number of benzene rings is 1. The minimum atomic E-state index is -0.225. The van der Waals surface area contributed by atoms with E-state index in [1.807, 2.05) is 13.0 Å². The molecule has 0 aliphatic heterocycles. The van der Waals surface area contributed by atoms with E-state index in [0.717, 1.165) is 35.7 Å². The summed E-state index contributed by atoms with van der Waals surface area (Å²) < 4.78 is 13.4. The van der Waals surface area contributed by atoms with Gasteiger partial charge in [-0.1, -0.05) is 13.0 Å². The van der Waals surface area contributed by atoms with Crippen molar-refractivity contribution in [3.63, 3.8) is 0 Å². The van der Waals surface area contributed by atoms with Gasteiger partial charge in [-0.05, 0) is 49.6 Å². The number of hydrogen-bond acceptors (Lipinski definition) is 3. The first kappa shape index (κ1) is 12.8. The highest BCUT2D eigenvalue weighted by Gasteiger charge is 2.41. The number of rotatable bonds is 3. The fraction of sp³-hybridized carbons (Fsp3) is 0.400. The monoisotopic (exact) mass is 276 g/mol. The van der Waals surface area contributed by atoms with Crippen molar-refractivity contribution in [3.8, 4) is 0 Å². The molecule has 1 aromatic carbocycles. The van der Waals surface area contributed by atoms with Gasteiger partial charge in [0, 0.05) is 11.1 Å². The van der Waals surface area contributed by atoms with Gasteiger partial charge >= 0.3 is 0 Å². The average molecular weight is 276 g/mol. The Balaban J connectivity index is 2.14. The Bertz CT molecular complexity index is 608. The third kappa shape index (κ3) is 1.99. The van der Waals surface area contributed by atoms with Crippen molar-refractivity contribution >= 4 is 11.3 Å². The maximum Gasteiger partial charge on any atom is 0.123 e. The number of nitrogens with one attached hydrogen (secondary N) is 1. The van der Waals surface area contributed by atoms with Crippen LogP contribution < -0.4 is 5.32 Å². The fourth-order valence-electron chi connectivity index (χ4n) is 2.98. The van der Waals surface area contributed by atoms with Gasteiger partial charge in [0.15, 0.2) is 0 Å². The molecular weight excluding hydrogens is 259 g/mol. The van der Waals surface area contributed by atoms with Gasteiger partial charge in [-0.25, -0.2) is 9.37 Å². The Morgan fingerprint density at radius 2 is 2.32 bits per heavy atom. The summed E-state index contributed by atoms with van der Waals surface area (Å²) in [6.45, 7) is 4.99. The first-order valence-corrected chi connectivity index (χ1v) is 7.50. The quantitative estimate of drug-likeness (QED) is 0.929. The van der Waals surface area contributed by atoms with Crippen molar-refractivity contribution in [1.82, 2.24) is 10.3 Å². The topological polar surface area (TPSA) is 24.9 Å². The molecule has 4 heteroatoms. The molecule has 1 aliphatic rings. The van der Waals surface area contributed by atoms with Crippen LogP contribution in [0, 0.1) is 12.7 Å². The van der Waals surface area contributed by atoms with E-state index in [9.17, 15) is 4.39 Å². The number of halogens is 1. The molecule has 2 nitrogen and oxygen atoms in total. The molecule has 0 amide bonds. The van der Waals surface area contributed by atoms with Crippen LogP contribution in [0.1, 0.15) is 35.2 Å². The summed E-state index contributed by atoms with van der Waals surface area (Å²) in [5, 5.41) is 6.76. The molecule has 100 valence electrons. The predicted molar refractivity (Wildman–Crippen MR) is 76.0 cm³/mol. The van der Waals surface area contributed by atoms with Crippen molar-refractivity contribution in [1.29, 1.82) is 0 Å². The summed E-state index contributed by atoms with van der Waals surface area (Å²) in [6, 6.07) is 5.13. The van der Waals surface area contributed by atoms with Crippen LogP contribution in [0.3, 0.4) is 0 Å². The molecule has 19 heavy (non-hydrogen) atoms. The van der Waals surface area contributed by atoms with Crippen LogP contribution in [0.15, 0.2) is 23.6 Å². The molecule has 0 bridgehead atoms. The van der Waals surface area contributed by atoms with Crippen LogP contribution in [0.5, 0.6) is 0 Å². The maximum absolute atomic E-state index is 13.4. The van der Waals surface area contributed by atoms with Crippen molar-refractivity contribution in [2.75, 3.05) is 6.54 Å². The summed E-state index contributed by atoms with van der Waals surface area (Å²) in [6.07, 6.45) is 1.85. The second kappa shape index (κ2) is 4.69. The average Bonchev–Trinajstić information content (AvgIpc) is 2.95. The number of hydrogen-bond donors (Lipinski definition) is 1. The Kier molecular flexibility index (Phi) is 3.15. The van der Waals surface area contributed by atoms with Gasteiger partial charge in [0.1, 0.15) is 10.8 Å². The standard InChI is InChI=1S/C15H17FN2S/c1-3-17-15(14-18-10(2)9-19-14)7-6-11-8-12(16)4-5-13(11)15/h4-5,8-9,17H,3,6-7H2,1-2H3. The summed E-state index contributed by atoms with van der Waals surface area (Å²) >= 11 is 1.69. The fourth-order valence-corrected chi connectivity index (χ4v) is 3.99. The summed E-state index contributed by atoms with van der Waals surface area (Å²) in [5.74, 6) is -0.152. The molecular formula is C15H17FN2S. The van der Waals surface area contributed by atoms with Crippen molar-refractivity contribution in [3.05, 3.63) is 51.2 Å². The molecule has 0 saturated carbocycles. The van der Waals surface area contributed by atoms with Gasteiger partial charge in [0.25, 0.3) is 0 Å². The lowest BCUT2D eigenvalue weighted by Gasteiger charge is -2.29. The van der Waals surface area contributed by atoms with E-state index in [4.69, 9.17) is 0 Å².